The van der Waals surface area contributed by atoms with Crippen molar-refractivity contribution in [3.8, 4) is 0 Å². The highest BCUT2D eigenvalue weighted by atomic mass is 32.2. The van der Waals surface area contributed by atoms with Crippen LogP contribution in [0.4, 0.5) is 4.39 Å². The molecule has 0 saturated heterocycles. The minimum Gasteiger partial charge on any atom is -0.384 e. The normalized spacial score (nSPS) is 12.8. The van der Waals surface area contributed by atoms with E-state index >= 15 is 0 Å². The zero-order valence-corrected chi connectivity index (χ0v) is 10.5. The first-order valence-corrected chi connectivity index (χ1v) is 6.28. The van der Waals surface area contributed by atoms with Crippen molar-refractivity contribution in [1.82, 2.24) is 0 Å². The van der Waals surface area contributed by atoms with Crippen LogP contribution in [0.25, 0.3) is 0 Å². The maximum Gasteiger partial charge on any atom is 0.137 e. The summed E-state index contributed by atoms with van der Waals surface area (Å²) in [5.74, 6) is 0.586. The molecule has 0 aromatic heterocycles. The Morgan fingerprint density at radius 1 is 1.50 bits per heavy atom. The zero-order chi connectivity index (χ0) is 12.0. The van der Waals surface area contributed by atoms with Crippen LogP contribution < -0.4 is 5.73 Å². The van der Waals surface area contributed by atoms with E-state index < -0.39 is 0 Å². The number of ether oxygens (including phenoxy) is 1. The first kappa shape index (κ1) is 13.5. The molecule has 0 aliphatic carbocycles. The number of rotatable bonds is 6. The lowest BCUT2D eigenvalue weighted by Gasteiger charge is -2.11. The molecule has 16 heavy (non-hydrogen) atoms. The minimum atomic E-state index is -0.167. The van der Waals surface area contributed by atoms with Crippen molar-refractivity contribution in [1.29, 1.82) is 0 Å². The summed E-state index contributed by atoms with van der Waals surface area (Å²) < 4.78 is 18.6. The molecule has 4 heteroatoms. The molecule has 1 unspecified atom stereocenters. The minimum absolute atomic E-state index is 0.0450. The Labute approximate surface area is 100 Å². The van der Waals surface area contributed by atoms with Crippen LogP contribution >= 0.6 is 11.8 Å². The van der Waals surface area contributed by atoms with Gasteiger partial charge in [-0.2, -0.15) is 0 Å². The van der Waals surface area contributed by atoms with Crippen LogP contribution in [0, 0.1) is 5.82 Å². The number of hydrogen-bond donors (Lipinski definition) is 1. The Kier molecular flexibility index (Phi) is 5.80. The van der Waals surface area contributed by atoms with Crippen molar-refractivity contribution in [2.24, 2.45) is 5.73 Å². The lowest BCUT2D eigenvalue weighted by molar-refractivity contribution is 0.218. The fourth-order valence-corrected chi connectivity index (χ4v) is 2.45. The van der Waals surface area contributed by atoms with Crippen molar-refractivity contribution < 1.29 is 9.13 Å². The third-order valence-corrected chi connectivity index (χ3v) is 3.24. The van der Waals surface area contributed by atoms with Gasteiger partial charge in [0.25, 0.3) is 0 Å². The van der Waals surface area contributed by atoms with E-state index in [1.165, 1.54) is 17.8 Å². The summed E-state index contributed by atoms with van der Waals surface area (Å²) in [5, 5.41) is 0. The third kappa shape index (κ3) is 4.12. The average Bonchev–Trinajstić information content (AvgIpc) is 2.21. The fourth-order valence-electron chi connectivity index (χ4n) is 1.45. The summed E-state index contributed by atoms with van der Waals surface area (Å²) in [6, 6.07) is 5.19. The van der Waals surface area contributed by atoms with Crippen LogP contribution in [0.1, 0.15) is 12.5 Å². The van der Waals surface area contributed by atoms with E-state index in [-0.39, 0.29) is 11.9 Å². The molecule has 0 heterocycles. The summed E-state index contributed by atoms with van der Waals surface area (Å²) in [6.45, 7) is 2.55. The molecular weight excluding hydrogens is 225 g/mol. The van der Waals surface area contributed by atoms with Crippen LogP contribution in [-0.4, -0.2) is 25.5 Å². The molecule has 2 N–H and O–H groups in total. The average molecular weight is 243 g/mol. The highest BCUT2D eigenvalue weighted by Gasteiger charge is 2.10. The van der Waals surface area contributed by atoms with Crippen molar-refractivity contribution in [2.45, 2.75) is 24.3 Å². The van der Waals surface area contributed by atoms with Crippen LogP contribution in [-0.2, 0) is 11.2 Å². The molecule has 2 nitrogen and oxygen atoms in total. The molecule has 0 aliphatic rings. The van der Waals surface area contributed by atoms with Gasteiger partial charge in [0.15, 0.2) is 0 Å². The van der Waals surface area contributed by atoms with Gasteiger partial charge in [0.05, 0.1) is 6.61 Å². The van der Waals surface area contributed by atoms with E-state index in [1.54, 1.807) is 13.2 Å². The van der Waals surface area contributed by atoms with E-state index in [9.17, 15) is 4.39 Å². The predicted octanol–water partition coefficient (Wildman–Crippen LogP) is 2.45. The highest BCUT2D eigenvalue weighted by molar-refractivity contribution is 7.99. The molecule has 1 rings (SSSR count). The Hall–Kier alpha value is -0.580. The number of methoxy groups -OCH3 is 1. The Bertz CT molecular complexity index is 331. The molecule has 0 radical (unpaired) electrons. The van der Waals surface area contributed by atoms with Gasteiger partial charge >= 0.3 is 0 Å². The standard InChI is InChI=1S/C12H18FNOS/c1-9(14)8-10-4-3-5-11(13)12(10)16-7-6-15-2/h3-5,9H,6-8,14H2,1-2H3. The molecule has 1 atom stereocenters. The second-order valence-electron chi connectivity index (χ2n) is 3.75. The summed E-state index contributed by atoms with van der Waals surface area (Å²) >= 11 is 1.48. The zero-order valence-electron chi connectivity index (χ0n) is 9.70. The van der Waals surface area contributed by atoms with Crippen LogP contribution in [0.5, 0.6) is 0 Å². The van der Waals surface area contributed by atoms with Crippen molar-refractivity contribution in [3.05, 3.63) is 29.6 Å². The maximum absolute atomic E-state index is 13.6. The fraction of sp³-hybridized carbons (Fsp3) is 0.500. The van der Waals surface area contributed by atoms with Crippen molar-refractivity contribution in [3.63, 3.8) is 0 Å². The Balaban J connectivity index is 2.77. The van der Waals surface area contributed by atoms with Gasteiger partial charge in [-0.3, -0.25) is 0 Å². The van der Waals surface area contributed by atoms with Crippen molar-refractivity contribution in [2.75, 3.05) is 19.5 Å². The van der Waals surface area contributed by atoms with Gasteiger partial charge in [-0.05, 0) is 25.0 Å². The topological polar surface area (TPSA) is 35.2 Å². The van der Waals surface area contributed by atoms with Gasteiger partial charge < -0.3 is 10.5 Å². The molecule has 0 saturated carbocycles. The molecule has 0 fully saturated rings. The number of nitrogens with two attached hydrogens (primary N) is 1. The molecule has 90 valence electrons. The smallest absolute Gasteiger partial charge is 0.137 e. The van der Waals surface area contributed by atoms with Gasteiger partial charge in [-0.15, -0.1) is 11.8 Å². The van der Waals surface area contributed by atoms with Crippen LogP contribution in [0.15, 0.2) is 23.1 Å². The van der Waals surface area contributed by atoms with Gasteiger partial charge in [0.1, 0.15) is 5.82 Å². The van der Waals surface area contributed by atoms with E-state index in [2.05, 4.69) is 0 Å². The first-order valence-electron chi connectivity index (χ1n) is 5.30. The Morgan fingerprint density at radius 3 is 2.88 bits per heavy atom. The Morgan fingerprint density at radius 2 is 2.25 bits per heavy atom. The number of hydrogen-bond acceptors (Lipinski definition) is 3. The summed E-state index contributed by atoms with van der Waals surface area (Å²) in [6.07, 6.45) is 0.701. The molecule has 1 aromatic rings. The molecule has 0 aliphatic heterocycles. The SMILES string of the molecule is COCCSc1c(F)cccc1CC(C)N. The van der Waals surface area contributed by atoms with Gasteiger partial charge in [-0.25, -0.2) is 4.39 Å². The molecule has 0 bridgehead atoms. The quantitative estimate of drug-likeness (QED) is 0.616. The lowest BCUT2D eigenvalue weighted by atomic mass is 10.1. The van der Waals surface area contributed by atoms with Crippen molar-refractivity contribution >= 4 is 11.8 Å². The first-order chi connectivity index (χ1) is 7.65. The maximum atomic E-state index is 13.6. The largest absolute Gasteiger partial charge is 0.384 e. The second-order valence-corrected chi connectivity index (χ2v) is 4.86. The summed E-state index contributed by atoms with van der Waals surface area (Å²) in [7, 11) is 1.64. The molecule has 0 spiro atoms. The van der Waals surface area contributed by atoms with Crippen LogP contribution in [0.3, 0.4) is 0 Å². The second kappa shape index (κ2) is 6.89. The summed E-state index contributed by atoms with van der Waals surface area (Å²) in [4.78, 5) is 0.705. The predicted molar refractivity (Wildman–Crippen MR) is 66.4 cm³/mol. The molecular formula is C12H18FNOS. The van der Waals surface area contributed by atoms with E-state index in [0.29, 0.717) is 17.9 Å². The third-order valence-electron chi connectivity index (χ3n) is 2.12. The lowest BCUT2D eigenvalue weighted by Crippen LogP contribution is -2.18. The van der Waals surface area contributed by atoms with Crippen LogP contribution in [0.2, 0.25) is 0 Å². The van der Waals surface area contributed by atoms with Gasteiger partial charge in [0, 0.05) is 23.8 Å². The van der Waals surface area contributed by atoms with E-state index in [0.717, 1.165) is 11.3 Å². The highest BCUT2D eigenvalue weighted by Crippen LogP contribution is 2.26. The summed E-state index contributed by atoms with van der Waals surface area (Å²) in [5.41, 5.74) is 6.72. The van der Waals surface area contributed by atoms with E-state index in [4.69, 9.17) is 10.5 Å². The van der Waals surface area contributed by atoms with E-state index in [1.807, 2.05) is 13.0 Å². The number of benzene rings is 1. The number of halogens is 1. The van der Waals surface area contributed by atoms with Gasteiger partial charge in [-0.1, -0.05) is 12.1 Å². The van der Waals surface area contributed by atoms with Gasteiger partial charge in [0.2, 0.25) is 0 Å². The monoisotopic (exact) mass is 243 g/mol. The number of thioether (sulfide) groups is 1. The molecule has 0 amide bonds. The molecule has 1 aromatic carbocycles.